The molecule has 1 aliphatic rings. The highest BCUT2D eigenvalue weighted by atomic mass is 19.1. The first-order valence-corrected chi connectivity index (χ1v) is 10.7. The van der Waals surface area contributed by atoms with Crippen molar-refractivity contribution >= 4 is 5.96 Å². The molecule has 1 saturated heterocycles. The van der Waals surface area contributed by atoms with E-state index in [1.165, 1.54) is 18.5 Å². The fraction of sp³-hybridized carbons (Fsp3) is 0.348. The number of nitrogens with one attached hydrogen (secondary N) is 2. The van der Waals surface area contributed by atoms with Gasteiger partial charge >= 0.3 is 0 Å². The molecular formula is C23H28FN7O. The van der Waals surface area contributed by atoms with Gasteiger partial charge < -0.3 is 15.4 Å². The monoisotopic (exact) mass is 437 g/mol. The van der Waals surface area contributed by atoms with Crippen LogP contribution in [0.3, 0.4) is 0 Å². The van der Waals surface area contributed by atoms with Crippen LogP contribution in [0.2, 0.25) is 0 Å². The fourth-order valence-corrected chi connectivity index (χ4v) is 3.74. The Morgan fingerprint density at radius 3 is 2.50 bits per heavy atom. The maximum Gasteiger partial charge on any atom is 0.191 e. The van der Waals surface area contributed by atoms with Gasteiger partial charge in [0.25, 0.3) is 0 Å². The van der Waals surface area contributed by atoms with Crippen LogP contribution in [-0.2, 0) is 11.3 Å². The number of aromatic nitrogens is 3. The summed E-state index contributed by atoms with van der Waals surface area (Å²) in [6.07, 6.45) is 3.19. The number of ether oxygens (including phenoxy) is 1. The molecule has 0 aliphatic carbocycles. The van der Waals surface area contributed by atoms with Crippen molar-refractivity contribution in [2.24, 2.45) is 4.99 Å². The van der Waals surface area contributed by atoms with E-state index in [1.54, 1.807) is 18.1 Å². The van der Waals surface area contributed by atoms with Crippen LogP contribution in [0.1, 0.15) is 17.2 Å². The Kier molecular flexibility index (Phi) is 7.42. The van der Waals surface area contributed by atoms with Crippen molar-refractivity contribution in [2.75, 3.05) is 39.9 Å². The summed E-state index contributed by atoms with van der Waals surface area (Å²) in [4.78, 5) is 10.7. The first kappa shape index (κ1) is 21.9. The minimum atomic E-state index is -0.227. The molecule has 1 aliphatic heterocycles. The lowest BCUT2D eigenvalue weighted by Gasteiger charge is -2.35. The van der Waals surface area contributed by atoms with Crippen molar-refractivity contribution < 1.29 is 9.13 Å². The largest absolute Gasteiger partial charge is 0.379 e. The summed E-state index contributed by atoms with van der Waals surface area (Å²) in [6, 6.07) is 14.9. The van der Waals surface area contributed by atoms with Gasteiger partial charge in [0.05, 0.1) is 24.9 Å². The Morgan fingerprint density at radius 1 is 1.09 bits per heavy atom. The number of aliphatic imine (C=N–C) groups is 1. The molecule has 2 heterocycles. The van der Waals surface area contributed by atoms with Gasteiger partial charge in [-0.1, -0.05) is 24.3 Å². The lowest BCUT2D eigenvalue weighted by Crippen LogP contribution is -2.46. The smallest absolute Gasteiger partial charge is 0.191 e. The zero-order chi connectivity index (χ0) is 22.2. The van der Waals surface area contributed by atoms with Gasteiger partial charge in [0, 0.05) is 33.2 Å². The minimum Gasteiger partial charge on any atom is -0.379 e. The maximum absolute atomic E-state index is 13.4. The van der Waals surface area contributed by atoms with E-state index in [-0.39, 0.29) is 11.9 Å². The SMILES string of the molecule is CN=C(NCc1ccc(-n2cncn2)cc1)NCC(c1ccc(F)cc1)N1CCOCC1. The molecule has 3 aromatic rings. The summed E-state index contributed by atoms with van der Waals surface area (Å²) < 4.78 is 20.7. The van der Waals surface area contributed by atoms with Gasteiger partial charge in [0.1, 0.15) is 18.5 Å². The van der Waals surface area contributed by atoms with Crippen molar-refractivity contribution in [1.29, 1.82) is 0 Å². The van der Waals surface area contributed by atoms with Crippen molar-refractivity contribution in [3.05, 3.63) is 78.1 Å². The van der Waals surface area contributed by atoms with Crippen molar-refractivity contribution in [1.82, 2.24) is 30.3 Å². The number of morpholine rings is 1. The first-order chi connectivity index (χ1) is 15.7. The highest BCUT2D eigenvalue weighted by Gasteiger charge is 2.23. The Bertz CT molecular complexity index is 984. The number of nitrogens with zero attached hydrogens (tertiary/aromatic N) is 5. The summed E-state index contributed by atoms with van der Waals surface area (Å²) in [7, 11) is 1.75. The molecule has 2 aromatic carbocycles. The van der Waals surface area contributed by atoms with Crippen molar-refractivity contribution in [3.63, 3.8) is 0 Å². The summed E-state index contributed by atoms with van der Waals surface area (Å²) >= 11 is 0. The number of hydrogen-bond donors (Lipinski definition) is 2. The summed E-state index contributed by atoms with van der Waals surface area (Å²) in [6.45, 7) is 4.37. The number of rotatable bonds is 7. The molecule has 4 rings (SSSR count). The highest BCUT2D eigenvalue weighted by Crippen LogP contribution is 2.21. The lowest BCUT2D eigenvalue weighted by molar-refractivity contribution is 0.0170. The van der Waals surface area contributed by atoms with Crippen molar-refractivity contribution in [3.8, 4) is 5.69 Å². The Labute approximate surface area is 187 Å². The van der Waals surface area contributed by atoms with E-state index >= 15 is 0 Å². The van der Waals surface area contributed by atoms with Gasteiger partial charge in [-0.25, -0.2) is 14.1 Å². The van der Waals surface area contributed by atoms with E-state index in [2.05, 4.69) is 30.6 Å². The average molecular weight is 438 g/mol. The predicted octanol–water partition coefficient (Wildman–Crippen LogP) is 2.14. The molecule has 2 N–H and O–H groups in total. The molecule has 0 amide bonds. The normalized spacial score (nSPS) is 16.0. The highest BCUT2D eigenvalue weighted by molar-refractivity contribution is 5.79. The molecule has 9 heteroatoms. The molecule has 1 aromatic heterocycles. The maximum atomic E-state index is 13.4. The summed E-state index contributed by atoms with van der Waals surface area (Å²) in [5.41, 5.74) is 3.15. The fourth-order valence-electron chi connectivity index (χ4n) is 3.74. The van der Waals surface area contributed by atoms with E-state index in [9.17, 15) is 4.39 Å². The second-order valence-corrected chi connectivity index (χ2v) is 7.53. The van der Waals surface area contributed by atoms with E-state index < -0.39 is 0 Å². The van der Waals surface area contributed by atoms with E-state index in [0.29, 0.717) is 32.3 Å². The van der Waals surface area contributed by atoms with Crippen LogP contribution in [0, 0.1) is 5.82 Å². The molecule has 32 heavy (non-hydrogen) atoms. The van der Waals surface area contributed by atoms with Gasteiger partial charge in [0.15, 0.2) is 5.96 Å². The van der Waals surface area contributed by atoms with Crippen molar-refractivity contribution in [2.45, 2.75) is 12.6 Å². The molecule has 8 nitrogen and oxygen atoms in total. The van der Waals surface area contributed by atoms with Crippen LogP contribution in [0.5, 0.6) is 0 Å². The standard InChI is InChI=1S/C23H28FN7O/c1-25-23(27-14-18-2-8-21(9-3-18)31-17-26-16-29-31)28-15-22(30-10-12-32-13-11-30)19-4-6-20(24)7-5-19/h2-9,16-17,22H,10-15H2,1H3,(H2,25,27,28). The number of guanidine groups is 1. The zero-order valence-corrected chi connectivity index (χ0v) is 18.1. The number of halogens is 1. The van der Waals surface area contributed by atoms with E-state index in [0.717, 1.165) is 29.9 Å². The molecule has 0 bridgehead atoms. The van der Waals surface area contributed by atoms with E-state index in [1.807, 2.05) is 36.4 Å². The lowest BCUT2D eigenvalue weighted by atomic mass is 10.0. The third-order valence-electron chi connectivity index (χ3n) is 5.51. The first-order valence-electron chi connectivity index (χ1n) is 10.7. The van der Waals surface area contributed by atoms with Gasteiger partial charge in [-0.15, -0.1) is 0 Å². The second-order valence-electron chi connectivity index (χ2n) is 7.53. The van der Waals surface area contributed by atoms with Crippen LogP contribution in [-0.4, -0.2) is 65.5 Å². The zero-order valence-electron chi connectivity index (χ0n) is 18.1. The molecule has 168 valence electrons. The third kappa shape index (κ3) is 5.68. The molecule has 0 saturated carbocycles. The predicted molar refractivity (Wildman–Crippen MR) is 121 cm³/mol. The number of hydrogen-bond acceptors (Lipinski definition) is 5. The second kappa shape index (κ2) is 10.8. The van der Waals surface area contributed by atoms with Crippen LogP contribution >= 0.6 is 0 Å². The Morgan fingerprint density at radius 2 is 1.84 bits per heavy atom. The van der Waals surface area contributed by atoms with Crippen LogP contribution in [0.25, 0.3) is 5.69 Å². The molecular weight excluding hydrogens is 409 g/mol. The Hall–Kier alpha value is -3.30. The molecule has 1 atom stereocenters. The number of benzene rings is 2. The van der Waals surface area contributed by atoms with Gasteiger partial charge in [-0.05, 0) is 35.4 Å². The van der Waals surface area contributed by atoms with Crippen LogP contribution < -0.4 is 10.6 Å². The average Bonchev–Trinajstić information content (AvgIpc) is 3.38. The molecule has 0 spiro atoms. The van der Waals surface area contributed by atoms with Gasteiger partial charge in [-0.3, -0.25) is 9.89 Å². The van der Waals surface area contributed by atoms with E-state index in [4.69, 9.17) is 4.74 Å². The third-order valence-corrected chi connectivity index (χ3v) is 5.51. The van der Waals surface area contributed by atoms with Gasteiger partial charge in [0.2, 0.25) is 0 Å². The quantitative estimate of drug-likeness (QED) is 0.436. The summed E-state index contributed by atoms with van der Waals surface area (Å²) in [5, 5.41) is 10.9. The van der Waals surface area contributed by atoms with Crippen LogP contribution in [0.15, 0.2) is 66.2 Å². The topological polar surface area (TPSA) is 79.6 Å². The summed E-state index contributed by atoms with van der Waals surface area (Å²) in [5.74, 6) is 0.487. The Balaban J connectivity index is 1.35. The van der Waals surface area contributed by atoms with Gasteiger partial charge in [-0.2, -0.15) is 5.10 Å². The molecule has 1 fully saturated rings. The van der Waals surface area contributed by atoms with Crippen LogP contribution in [0.4, 0.5) is 4.39 Å². The molecule has 0 radical (unpaired) electrons. The molecule has 1 unspecified atom stereocenters. The minimum absolute atomic E-state index is 0.0972.